The first-order valence-corrected chi connectivity index (χ1v) is 23.2. The summed E-state index contributed by atoms with van der Waals surface area (Å²) < 4.78 is 19.3. The minimum absolute atomic E-state index is 0.0404. The maximum Gasteiger partial charge on any atom is 0.406 e. The monoisotopic (exact) mass is 936 g/mol. The summed E-state index contributed by atoms with van der Waals surface area (Å²) in [6, 6.07) is 6.27. The predicted octanol–water partition coefficient (Wildman–Crippen LogP) is 3.76. The van der Waals surface area contributed by atoms with Gasteiger partial charge in [0.1, 0.15) is 12.6 Å². The first-order valence-electron chi connectivity index (χ1n) is 23.2. The molecule has 3 unspecified atom stereocenters. The number of amides is 4. The van der Waals surface area contributed by atoms with Crippen molar-refractivity contribution in [3.63, 3.8) is 0 Å². The smallest absolute Gasteiger partial charge is 0.406 e. The third-order valence-corrected chi connectivity index (χ3v) is 9.64. The Hall–Kier alpha value is -4.47. The molecule has 1 aromatic carbocycles. The van der Waals surface area contributed by atoms with Crippen molar-refractivity contribution in [2.24, 2.45) is 46.7 Å². The maximum atomic E-state index is 12.4. The van der Waals surface area contributed by atoms with E-state index < -0.39 is 29.8 Å². The highest BCUT2D eigenvalue weighted by molar-refractivity contribution is 6.55. The molecule has 20 heteroatoms. The molecule has 3 rings (SSSR count). The van der Waals surface area contributed by atoms with Crippen LogP contribution in [0.2, 0.25) is 0 Å². The van der Waals surface area contributed by atoms with Crippen molar-refractivity contribution < 1.29 is 48.0 Å². The lowest BCUT2D eigenvalue weighted by Crippen LogP contribution is -2.51. The maximum absolute atomic E-state index is 12.4. The number of fused-ring (bicyclic) bond motifs is 1. The first kappa shape index (κ1) is 63.6. The van der Waals surface area contributed by atoms with Gasteiger partial charge in [-0.1, -0.05) is 53.2 Å². The zero-order valence-corrected chi connectivity index (χ0v) is 41.5. The fraction of sp³-hybridized carbons (Fsp3) is 0.717. The third kappa shape index (κ3) is 33.9. The Morgan fingerprint density at radius 1 is 0.864 bits per heavy atom. The summed E-state index contributed by atoms with van der Waals surface area (Å²) in [7, 11) is 6.22. The number of ether oxygens (including phenoxy) is 4. The Balaban J connectivity index is 0. The molecule has 1 aromatic rings. The molecule has 0 saturated heterocycles. The van der Waals surface area contributed by atoms with Gasteiger partial charge in [0.2, 0.25) is 31.4 Å². The van der Waals surface area contributed by atoms with Gasteiger partial charge in [-0.2, -0.15) is 0 Å². The number of anilines is 1. The summed E-state index contributed by atoms with van der Waals surface area (Å²) >= 11 is 0. The van der Waals surface area contributed by atoms with E-state index in [-0.39, 0.29) is 37.5 Å². The van der Waals surface area contributed by atoms with Gasteiger partial charge in [0.05, 0.1) is 40.1 Å². The highest BCUT2D eigenvalue weighted by atomic mass is 16.5. The number of unbranched alkanes of at least 4 members (excludes halogenated alkanes) is 1. The number of carbonyl (C=O) groups is 5. The minimum Gasteiger partial charge on any atom is -0.470 e. The van der Waals surface area contributed by atoms with Crippen LogP contribution in [0.1, 0.15) is 112 Å². The number of alkyl carbamates (subject to hydrolysis) is 1. The van der Waals surface area contributed by atoms with Crippen molar-refractivity contribution in [1.82, 2.24) is 21.0 Å². The quantitative estimate of drug-likeness (QED) is 0.0346. The zero-order chi connectivity index (χ0) is 50.5. The molecule has 13 N–H and O–H groups in total. The van der Waals surface area contributed by atoms with E-state index in [0.717, 1.165) is 36.9 Å². The SMILES string of the molecule is CC(C)N(N)/C1=C(\N)CCC2CC2CC1.CCCCN.CCO.COC(=O)NCCOCCOCCN.[B]C(=O)OCc1ccc(NC(=O)CNC(=O)C(NC(=O)CC(C)C)C(C)C)cc1. The van der Waals surface area contributed by atoms with Gasteiger partial charge in [-0.05, 0) is 107 Å². The summed E-state index contributed by atoms with van der Waals surface area (Å²) in [5.74, 6) is 6.18. The van der Waals surface area contributed by atoms with Crippen LogP contribution in [0.3, 0.4) is 0 Å². The van der Waals surface area contributed by atoms with Crippen molar-refractivity contribution in [2.45, 2.75) is 125 Å². The van der Waals surface area contributed by atoms with Crippen LogP contribution in [-0.2, 0) is 39.9 Å². The Labute approximate surface area is 396 Å². The molecule has 1 saturated carbocycles. The second-order valence-electron chi connectivity index (χ2n) is 16.7. The molecule has 3 atom stereocenters. The topological polar surface area (TPSA) is 298 Å². The van der Waals surface area contributed by atoms with Crippen LogP contribution in [0.5, 0.6) is 0 Å². The number of allylic oxidation sites excluding steroid dienone is 2. The highest BCUT2D eigenvalue weighted by Crippen LogP contribution is 2.47. The molecular weight excluding hydrogens is 849 g/mol. The molecule has 1 fully saturated rings. The van der Waals surface area contributed by atoms with E-state index in [1.165, 1.54) is 44.9 Å². The highest BCUT2D eigenvalue weighted by Gasteiger charge is 2.37. The Bertz CT molecular complexity index is 1500. The number of nitrogens with zero attached hydrogens (tertiary/aromatic N) is 1. The number of aliphatic hydroxyl groups excluding tert-OH is 1. The molecule has 66 heavy (non-hydrogen) atoms. The summed E-state index contributed by atoms with van der Waals surface area (Å²) in [6.45, 7) is 19.4. The molecule has 378 valence electrons. The van der Waals surface area contributed by atoms with Gasteiger partial charge in [0.25, 0.3) is 0 Å². The van der Waals surface area contributed by atoms with Gasteiger partial charge < -0.3 is 67.5 Å². The van der Waals surface area contributed by atoms with Gasteiger partial charge in [-0.3, -0.25) is 19.2 Å². The molecule has 0 heterocycles. The third-order valence-electron chi connectivity index (χ3n) is 9.64. The van der Waals surface area contributed by atoms with Crippen molar-refractivity contribution in [3.8, 4) is 0 Å². The fourth-order valence-corrected chi connectivity index (χ4v) is 5.96. The lowest BCUT2D eigenvalue weighted by Gasteiger charge is -2.28. The average molecular weight is 936 g/mol. The zero-order valence-electron chi connectivity index (χ0n) is 41.5. The van der Waals surface area contributed by atoms with Gasteiger partial charge in [0, 0.05) is 49.2 Å². The minimum atomic E-state index is -0.863. The van der Waals surface area contributed by atoms with E-state index in [2.05, 4.69) is 51.5 Å². The molecule has 4 amide bonds. The second-order valence-corrected chi connectivity index (χ2v) is 16.7. The molecule has 0 spiro atoms. The van der Waals surface area contributed by atoms with E-state index in [4.69, 9.17) is 45.5 Å². The molecule has 19 nitrogen and oxygen atoms in total. The molecule has 2 aliphatic carbocycles. The van der Waals surface area contributed by atoms with E-state index in [0.29, 0.717) is 63.2 Å². The number of rotatable bonds is 22. The van der Waals surface area contributed by atoms with Crippen LogP contribution >= 0.6 is 0 Å². The largest absolute Gasteiger partial charge is 0.470 e. The predicted molar refractivity (Wildman–Crippen MR) is 261 cm³/mol. The molecule has 2 radical (unpaired) electrons. The van der Waals surface area contributed by atoms with Gasteiger partial charge in [-0.15, -0.1) is 0 Å². The van der Waals surface area contributed by atoms with Crippen molar-refractivity contribution in [3.05, 3.63) is 41.2 Å². The van der Waals surface area contributed by atoms with Gasteiger partial charge in [0.15, 0.2) is 0 Å². The molecule has 0 aliphatic heterocycles. The Morgan fingerprint density at radius 2 is 1.45 bits per heavy atom. The number of nitrogens with one attached hydrogen (secondary N) is 4. The summed E-state index contributed by atoms with van der Waals surface area (Å²) in [5, 5.41) is 19.8. The van der Waals surface area contributed by atoms with Crippen molar-refractivity contribution in [2.75, 3.05) is 71.6 Å². The van der Waals surface area contributed by atoms with Crippen LogP contribution < -0.4 is 44.3 Å². The number of benzene rings is 1. The van der Waals surface area contributed by atoms with Crippen molar-refractivity contribution >= 4 is 43.2 Å². The van der Waals surface area contributed by atoms with Gasteiger partial charge >= 0.3 is 6.09 Å². The van der Waals surface area contributed by atoms with E-state index >= 15 is 0 Å². The Kier molecular flexibility index (Phi) is 38.2. The molecule has 2 aliphatic rings. The standard InChI is InChI=1S/C20H28BN3O5.C12H23N3.C8H18N2O4.C4H11N.C2H6O/c1-12(2)9-16(25)24-18(13(3)4)19(27)22-10-17(26)23-15-7-5-14(6-8-15)11-29-20(21)28;1-8(2)15(14)12-6-4-10-7-9(10)3-5-11(12)13;1-12-8(11)10-3-5-14-7-6-13-4-2-9;1-2-3-4-5;1-2-3/h5-8,12-13,18H,9-11H2,1-4H3,(H,22,27)(H,23,26)(H,24,25);8-10H,3-7,13-14H2,1-2H3;2-7,9H2,1H3,(H,10,11);2-5H2,1H3;3H,2H2,1H3/b;12-11-;;;. The van der Waals surface area contributed by atoms with Crippen LogP contribution in [0.25, 0.3) is 0 Å². The van der Waals surface area contributed by atoms with Crippen LogP contribution in [0, 0.1) is 23.7 Å². The lowest BCUT2D eigenvalue weighted by atomic mass is 10.0. The van der Waals surface area contributed by atoms with E-state index in [9.17, 15) is 24.0 Å². The fourth-order valence-electron chi connectivity index (χ4n) is 5.96. The number of hydrogen-bond donors (Lipinski definition) is 9. The molecular formula is C46H86BN9O10. The summed E-state index contributed by atoms with van der Waals surface area (Å²) in [4.78, 5) is 57.6. The average Bonchev–Trinajstić information content (AvgIpc) is 4.02. The lowest BCUT2D eigenvalue weighted by molar-refractivity contribution is -0.131. The van der Waals surface area contributed by atoms with Gasteiger partial charge in [-0.25, -0.2) is 10.6 Å². The number of methoxy groups -OCH3 is 1. The van der Waals surface area contributed by atoms with Crippen LogP contribution in [0.4, 0.5) is 15.3 Å². The number of hydrogen-bond acceptors (Lipinski definition) is 15. The second kappa shape index (κ2) is 39.7. The normalized spacial score (nSPS) is 16.2. The van der Waals surface area contributed by atoms with E-state index in [1.807, 2.05) is 32.7 Å². The number of nitrogens with two attached hydrogens (primary N) is 4. The van der Waals surface area contributed by atoms with E-state index in [1.54, 1.807) is 31.2 Å². The Morgan fingerprint density at radius 3 is 1.94 bits per heavy atom. The molecule has 0 bridgehead atoms. The first-order chi connectivity index (χ1) is 31.3. The molecule has 0 aromatic heterocycles. The number of carbonyl (C=O) groups excluding carboxylic acids is 5. The summed E-state index contributed by atoms with van der Waals surface area (Å²) in [5.41, 5.74) is 19.9. The number of hydrazine groups is 1. The van der Waals surface area contributed by atoms with Crippen molar-refractivity contribution in [1.29, 1.82) is 0 Å². The van der Waals surface area contributed by atoms with Crippen LogP contribution in [0.15, 0.2) is 35.7 Å². The number of aliphatic hydroxyl groups is 1. The van der Waals surface area contributed by atoms with Crippen LogP contribution in [-0.4, -0.2) is 126 Å². The summed E-state index contributed by atoms with van der Waals surface area (Å²) in [6.07, 6.45) is 8.35.